The fourth-order valence-corrected chi connectivity index (χ4v) is 3.14. The summed E-state index contributed by atoms with van der Waals surface area (Å²) in [6.07, 6.45) is 3.19. The number of ether oxygens (including phenoxy) is 2. The highest BCUT2D eigenvalue weighted by Gasteiger charge is 2.07. The van der Waals surface area contributed by atoms with Crippen molar-refractivity contribution in [3.8, 4) is 11.5 Å². The molecule has 9 heteroatoms. The molecule has 2 aromatic carbocycles. The van der Waals surface area contributed by atoms with Crippen molar-refractivity contribution in [2.24, 2.45) is 5.10 Å². The number of methoxy groups -OCH3 is 1. The number of nitrogens with one attached hydrogen (secondary N) is 1. The number of aromatic nitrogens is 3. The van der Waals surface area contributed by atoms with E-state index in [4.69, 9.17) is 33.3 Å². The lowest BCUT2D eigenvalue weighted by Crippen LogP contribution is -2.01. The Morgan fingerprint density at radius 2 is 2.12 bits per heavy atom. The van der Waals surface area contributed by atoms with Crippen molar-refractivity contribution in [2.45, 2.75) is 6.61 Å². The van der Waals surface area contributed by atoms with E-state index < -0.39 is 0 Å². The molecule has 0 aliphatic rings. The maximum Gasteiger partial charge on any atom is 0.216 e. The molecule has 0 radical (unpaired) electrons. The predicted octanol–water partition coefficient (Wildman–Crippen LogP) is 4.83. The van der Waals surface area contributed by atoms with Gasteiger partial charge in [-0.25, -0.2) is 0 Å². The standard InChI is InChI=1S/C17H14BrClN4O2S/c1-24-15-4-2-11(8-21-23-10-20-22-17(23)26)6-12(15)9-25-16-5-3-13(19)7-14(16)18/h2-8,10H,9H2,1H3,(H,22,26)/b21-8+. The number of aromatic amines is 1. The van der Waals surface area contributed by atoms with Gasteiger partial charge in [0.05, 0.1) is 17.8 Å². The zero-order valence-corrected chi connectivity index (χ0v) is 16.8. The molecule has 0 saturated carbocycles. The lowest BCUT2D eigenvalue weighted by Gasteiger charge is -2.12. The van der Waals surface area contributed by atoms with Gasteiger partial charge in [-0.15, -0.1) is 0 Å². The summed E-state index contributed by atoms with van der Waals surface area (Å²) in [7, 11) is 1.62. The van der Waals surface area contributed by atoms with Crippen molar-refractivity contribution in [3.05, 3.63) is 68.1 Å². The van der Waals surface area contributed by atoms with Crippen LogP contribution in [0.3, 0.4) is 0 Å². The third-order valence-electron chi connectivity index (χ3n) is 3.45. The van der Waals surface area contributed by atoms with Crippen LogP contribution in [0, 0.1) is 4.77 Å². The molecule has 3 aromatic rings. The normalized spacial score (nSPS) is 11.0. The van der Waals surface area contributed by atoms with Crippen LogP contribution in [0.25, 0.3) is 0 Å². The zero-order chi connectivity index (χ0) is 18.5. The summed E-state index contributed by atoms with van der Waals surface area (Å²) in [6.45, 7) is 0.330. The minimum Gasteiger partial charge on any atom is -0.496 e. The number of halogens is 2. The summed E-state index contributed by atoms with van der Waals surface area (Å²) < 4.78 is 14.0. The summed E-state index contributed by atoms with van der Waals surface area (Å²) in [4.78, 5) is 0. The van der Waals surface area contributed by atoms with Gasteiger partial charge in [-0.3, -0.25) is 5.10 Å². The van der Waals surface area contributed by atoms with Crippen LogP contribution in [0.15, 0.2) is 52.3 Å². The molecule has 26 heavy (non-hydrogen) atoms. The molecule has 1 heterocycles. The van der Waals surface area contributed by atoms with Gasteiger partial charge in [0.15, 0.2) is 0 Å². The van der Waals surface area contributed by atoms with E-state index in [1.807, 2.05) is 24.3 Å². The Balaban J connectivity index is 1.80. The topological polar surface area (TPSA) is 64.4 Å². The maximum atomic E-state index is 5.95. The molecule has 6 nitrogen and oxygen atoms in total. The van der Waals surface area contributed by atoms with Crippen LogP contribution in [0.5, 0.6) is 11.5 Å². The molecular weight excluding hydrogens is 440 g/mol. The maximum absolute atomic E-state index is 5.95. The van der Waals surface area contributed by atoms with Crippen molar-refractivity contribution in [1.82, 2.24) is 14.9 Å². The van der Waals surface area contributed by atoms with E-state index in [1.165, 1.54) is 11.0 Å². The van der Waals surface area contributed by atoms with Crippen molar-refractivity contribution in [2.75, 3.05) is 7.11 Å². The number of hydrogen-bond donors (Lipinski definition) is 1. The average molecular weight is 454 g/mol. The number of hydrogen-bond acceptors (Lipinski definition) is 5. The van der Waals surface area contributed by atoms with E-state index in [0.717, 1.165) is 21.3 Å². The van der Waals surface area contributed by atoms with Gasteiger partial charge in [0.1, 0.15) is 24.4 Å². The monoisotopic (exact) mass is 452 g/mol. The molecular formula is C17H14BrClN4O2S. The second-order valence-electron chi connectivity index (χ2n) is 5.19. The molecule has 0 aliphatic heterocycles. The third kappa shape index (κ3) is 4.51. The van der Waals surface area contributed by atoms with Crippen LogP contribution in [0.1, 0.15) is 11.1 Å². The first kappa shape index (κ1) is 18.6. The Morgan fingerprint density at radius 3 is 2.81 bits per heavy atom. The molecule has 0 fully saturated rings. The second kappa shape index (κ2) is 8.48. The van der Waals surface area contributed by atoms with Gasteiger partial charge in [-0.2, -0.15) is 14.9 Å². The largest absolute Gasteiger partial charge is 0.496 e. The number of H-pyrrole nitrogens is 1. The number of benzene rings is 2. The SMILES string of the molecule is COc1ccc(/C=N/n2cn[nH]c2=S)cc1COc1ccc(Cl)cc1Br. The summed E-state index contributed by atoms with van der Waals surface area (Å²) in [6, 6.07) is 11.1. The Hall–Kier alpha value is -2.16. The highest BCUT2D eigenvalue weighted by Crippen LogP contribution is 2.29. The van der Waals surface area contributed by atoms with E-state index >= 15 is 0 Å². The van der Waals surface area contributed by atoms with E-state index in [9.17, 15) is 0 Å². The molecule has 1 aromatic heterocycles. The Morgan fingerprint density at radius 1 is 1.31 bits per heavy atom. The van der Waals surface area contributed by atoms with Gasteiger partial charge in [0.25, 0.3) is 0 Å². The molecule has 0 aliphatic carbocycles. The minimum absolute atomic E-state index is 0.330. The summed E-state index contributed by atoms with van der Waals surface area (Å²) in [5.41, 5.74) is 1.76. The van der Waals surface area contributed by atoms with Gasteiger partial charge < -0.3 is 9.47 Å². The average Bonchev–Trinajstić information content (AvgIpc) is 3.04. The van der Waals surface area contributed by atoms with Gasteiger partial charge in [-0.05, 0) is 70.1 Å². The molecule has 0 amide bonds. The van der Waals surface area contributed by atoms with Gasteiger partial charge in [-0.1, -0.05) is 11.6 Å². The first-order valence-electron chi connectivity index (χ1n) is 7.48. The zero-order valence-electron chi connectivity index (χ0n) is 13.6. The Kier molecular flexibility index (Phi) is 6.08. The van der Waals surface area contributed by atoms with E-state index in [2.05, 4.69) is 31.2 Å². The minimum atomic E-state index is 0.330. The second-order valence-corrected chi connectivity index (χ2v) is 6.86. The van der Waals surface area contributed by atoms with Gasteiger partial charge in [0.2, 0.25) is 4.77 Å². The lowest BCUT2D eigenvalue weighted by atomic mass is 10.1. The van der Waals surface area contributed by atoms with E-state index in [-0.39, 0.29) is 0 Å². The number of nitrogens with zero attached hydrogens (tertiary/aromatic N) is 3. The van der Waals surface area contributed by atoms with Crippen LogP contribution in [0.2, 0.25) is 5.02 Å². The van der Waals surface area contributed by atoms with E-state index in [0.29, 0.717) is 22.2 Å². The van der Waals surface area contributed by atoms with Crippen LogP contribution in [-0.4, -0.2) is 28.2 Å². The summed E-state index contributed by atoms with van der Waals surface area (Å²) >= 11 is 14.5. The van der Waals surface area contributed by atoms with E-state index in [1.54, 1.807) is 25.5 Å². The van der Waals surface area contributed by atoms with Crippen LogP contribution >= 0.6 is 39.7 Å². The molecule has 0 bridgehead atoms. The Bertz CT molecular complexity index is 1000. The van der Waals surface area contributed by atoms with Crippen molar-refractivity contribution in [3.63, 3.8) is 0 Å². The molecule has 0 unspecified atom stereocenters. The summed E-state index contributed by atoms with van der Waals surface area (Å²) in [5.74, 6) is 1.42. The van der Waals surface area contributed by atoms with Crippen molar-refractivity contribution in [1.29, 1.82) is 0 Å². The third-order valence-corrected chi connectivity index (χ3v) is 4.58. The molecule has 0 spiro atoms. The predicted molar refractivity (Wildman–Crippen MR) is 107 cm³/mol. The Labute approximate surface area is 168 Å². The van der Waals surface area contributed by atoms with Crippen molar-refractivity contribution >= 4 is 46.0 Å². The van der Waals surface area contributed by atoms with Crippen LogP contribution < -0.4 is 9.47 Å². The smallest absolute Gasteiger partial charge is 0.216 e. The summed E-state index contributed by atoms with van der Waals surface area (Å²) in [5, 5.41) is 11.4. The van der Waals surface area contributed by atoms with Crippen LogP contribution in [0.4, 0.5) is 0 Å². The quantitative estimate of drug-likeness (QED) is 0.429. The van der Waals surface area contributed by atoms with Crippen LogP contribution in [-0.2, 0) is 6.61 Å². The lowest BCUT2D eigenvalue weighted by molar-refractivity contribution is 0.295. The molecule has 3 rings (SSSR count). The molecule has 0 saturated heterocycles. The number of rotatable bonds is 6. The van der Waals surface area contributed by atoms with Gasteiger partial charge in [0, 0.05) is 10.6 Å². The van der Waals surface area contributed by atoms with Gasteiger partial charge >= 0.3 is 0 Å². The first-order valence-corrected chi connectivity index (χ1v) is 9.06. The first-order chi connectivity index (χ1) is 12.6. The highest BCUT2D eigenvalue weighted by atomic mass is 79.9. The highest BCUT2D eigenvalue weighted by molar-refractivity contribution is 9.10. The fourth-order valence-electron chi connectivity index (χ4n) is 2.19. The molecule has 134 valence electrons. The fraction of sp³-hybridized carbons (Fsp3) is 0.118. The molecule has 1 N–H and O–H groups in total. The van der Waals surface area contributed by atoms with Crippen molar-refractivity contribution < 1.29 is 9.47 Å². The molecule has 0 atom stereocenters.